The van der Waals surface area contributed by atoms with Gasteiger partial charge in [0.1, 0.15) is 7.92 Å². The van der Waals surface area contributed by atoms with Gasteiger partial charge in [0.05, 0.1) is 0 Å². The van der Waals surface area contributed by atoms with Gasteiger partial charge in [-0.05, 0) is 74.2 Å². The summed E-state index contributed by atoms with van der Waals surface area (Å²) in [6.07, 6.45) is 0. The molecule has 0 aliphatic heterocycles. The Morgan fingerprint density at radius 2 is 0.679 bits per heavy atom. The second-order valence-electron chi connectivity index (χ2n) is 6.64. The Hall–Kier alpha value is -3.23. The molecule has 28 heavy (non-hydrogen) atoms. The van der Waals surface area contributed by atoms with Gasteiger partial charge in [0.2, 0.25) is 0 Å². The van der Waals surface area contributed by atoms with Crippen LogP contribution in [-0.2, 0) is 0 Å². The van der Waals surface area contributed by atoms with Crippen LogP contribution in [0, 0.1) is 55.5 Å². The lowest BCUT2D eigenvalue weighted by Crippen LogP contribution is -1.77. The Kier molecular flexibility index (Phi) is 6.72. The summed E-state index contributed by atoms with van der Waals surface area (Å²) < 4.78 is 0. The summed E-state index contributed by atoms with van der Waals surface area (Å²) in [5.74, 6) is 9.71. The molecule has 0 saturated carbocycles. The molecular weight excluding hydrogens is 355 g/mol. The molecule has 0 amide bonds. The van der Waals surface area contributed by atoms with Crippen molar-refractivity contribution in [1.29, 1.82) is 0 Å². The maximum absolute atomic E-state index is 3.29. The maximum Gasteiger partial charge on any atom is 0.128 e. The molecule has 0 bridgehead atoms. The average Bonchev–Trinajstić information content (AvgIpc) is 2.71. The van der Waals surface area contributed by atoms with Crippen LogP contribution in [0.1, 0.15) is 33.4 Å². The summed E-state index contributed by atoms with van der Waals surface area (Å²) in [7, 11) is -1.04. The Labute approximate surface area is 169 Å². The molecule has 0 nitrogen and oxygen atoms in total. The number of hydrogen-bond donors (Lipinski definition) is 0. The highest BCUT2D eigenvalue weighted by atomic mass is 31.1. The number of benzene rings is 3. The molecule has 0 unspecified atom stereocenters. The summed E-state index contributed by atoms with van der Waals surface area (Å²) in [5, 5.41) is 0. The topological polar surface area (TPSA) is 0 Å². The van der Waals surface area contributed by atoms with Gasteiger partial charge in [0.25, 0.3) is 0 Å². The van der Waals surface area contributed by atoms with Gasteiger partial charge in [-0.1, -0.05) is 70.8 Å². The van der Waals surface area contributed by atoms with Crippen LogP contribution in [-0.4, -0.2) is 0 Å². The first-order valence-electron chi connectivity index (χ1n) is 9.13. The molecule has 0 radical (unpaired) electrons. The van der Waals surface area contributed by atoms with Crippen LogP contribution in [0.15, 0.2) is 72.8 Å². The molecule has 0 fully saturated rings. The van der Waals surface area contributed by atoms with Crippen molar-refractivity contribution in [3.05, 3.63) is 106 Å². The molecule has 1 heteroatoms. The predicted octanol–water partition coefficient (Wildman–Crippen LogP) is 6.42. The van der Waals surface area contributed by atoms with Crippen molar-refractivity contribution < 1.29 is 0 Å². The van der Waals surface area contributed by atoms with Crippen LogP contribution in [0.25, 0.3) is 0 Å². The smallest absolute Gasteiger partial charge is 0.0604 e. The summed E-state index contributed by atoms with van der Waals surface area (Å²) in [4.78, 5) is 0. The summed E-state index contributed by atoms with van der Waals surface area (Å²) >= 11 is 0. The highest BCUT2D eigenvalue weighted by Gasteiger charge is 1.96. The largest absolute Gasteiger partial charge is 0.128 e. The van der Waals surface area contributed by atoms with Crippen LogP contribution in [0.5, 0.6) is 0 Å². The van der Waals surface area contributed by atoms with Gasteiger partial charge in [0.15, 0.2) is 0 Å². The van der Waals surface area contributed by atoms with Gasteiger partial charge in [-0.15, -0.1) is 0 Å². The van der Waals surface area contributed by atoms with E-state index in [4.69, 9.17) is 0 Å². The van der Waals surface area contributed by atoms with E-state index >= 15 is 0 Å². The highest BCUT2D eigenvalue weighted by molar-refractivity contribution is 7.72. The second-order valence-corrected chi connectivity index (χ2v) is 7.99. The van der Waals surface area contributed by atoms with Crippen LogP contribution in [0.4, 0.5) is 0 Å². The van der Waals surface area contributed by atoms with Crippen molar-refractivity contribution in [3.63, 3.8) is 0 Å². The zero-order valence-electron chi connectivity index (χ0n) is 16.4. The van der Waals surface area contributed by atoms with Crippen molar-refractivity contribution >= 4 is 7.92 Å². The normalized spacial score (nSPS) is 9.43. The van der Waals surface area contributed by atoms with Gasteiger partial charge >= 0.3 is 0 Å². The van der Waals surface area contributed by atoms with Gasteiger partial charge in [-0.3, -0.25) is 0 Å². The molecular formula is C27H21P. The quantitative estimate of drug-likeness (QED) is 0.314. The van der Waals surface area contributed by atoms with E-state index in [1.54, 1.807) is 0 Å². The Morgan fingerprint density at radius 1 is 0.429 bits per heavy atom. The zero-order valence-corrected chi connectivity index (χ0v) is 17.3. The minimum atomic E-state index is -1.04. The molecule has 0 aliphatic rings. The van der Waals surface area contributed by atoms with Crippen molar-refractivity contribution in [2.45, 2.75) is 20.8 Å². The minimum absolute atomic E-state index is 0.993. The Balaban J connectivity index is 1.89. The van der Waals surface area contributed by atoms with Crippen molar-refractivity contribution in [1.82, 2.24) is 0 Å². The molecule has 0 heterocycles. The Bertz CT molecular complexity index is 965. The first-order valence-corrected chi connectivity index (χ1v) is 10.5. The number of rotatable bonds is 0. The van der Waals surface area contributed by atoms with Gasteiger partial charge < -0.3 is 0 Å². The fraction of sp³-hybridized carbons (Fsp3) is 0.111. The third-order valence-electron chi connectivity index (χ3n) is 4.09. The van der Waals surface area contributed by atoms with Crippen molar-refractivity contribution in [2.24, 2.45) is 0 Å². The fourth-order valence-corrected chi connectivity index (χ4v) is 3.25. The van der Waals surface area contributed by atoms with Crippen LogP contribution in [0.3, 0.4) is 0 Å². The van der Waals surface area contributed by atoms with Crippen LogP contribution < -0.4 is 0 Å². The van der Waals surface area contributed by atoms with Crippen LogP contribution >= 0.6 is 7.92 Å². The van der Waals surface area contributed by atoms with E-state index in [2.05, 4.69) is 91.9 Å². The number of aryl methyl sites for hydroxylation is 3. The van der Waals surface area contributed by atoms with E-state index in [9.17, 15) is 0 Å². The van der Waals surface area contributed by atoms with E-state index in [1.165, 1.54) is 16.7 Å². The molecule has 0 atom stereocenters. The first kappa shape index (κ1) is 19.5. The third kappa shape index (κ3) is 6.19. The van der Waals surface area contributed by atoms with Crippen LogP contribution in [0.2, 0.25) is 0 Å². The van der Waals surface area contributed by atoms with E-state index in [0.29, 0.717) is 0 Å². The number of hydrogen-bond acceptors (Lipinski definition) is 0. The molecule has 0 aromatic heterocycles. The average molecular weight is 376 g/mol. The SMILES string of the molecule is Cc1ccc(C#CP(C#Cc2ccc(C)cc2)C#Cc2ccc(C)cc2)cc1. The van der Waals surface area contributed by atoms with Gasteiger partial charge in [0, 0.05) is 16.7 Å². The predicted molar refractivity (Wildman–Crippen MR) is 121 cm³/mol. The molecule has 3 rings (SSSR count). The van der Waals surface area contributed by atoms with Gasteiger partial charge in [-0.2, -0.15) is 0 Å². The maximum atomic E-state index is 3.29. The van der Waals surface area contributed by atoms with E-state index in [-0.39, 0.29) is 0 Å². The molecule has 134 valence electrons. The van der Waals surface area contributed by atoms with E-state index in [0.717, 1.165) is 16.7 Å². The van der Waals surface area contributed by atoms with Crippen molar-refractivity contribution in [2.75, 3.05) is 0 Å². The zero-order chi connectivity index (χ0) is 19.8. The first-order chi connectivity index (χ1) is 13.6. The minimum Gasteiger partial charge on any atom is -0.0604 e. The molecule has 0 N–H and O–H groups in total. The lowest BCUT2D eigenvalue weighted by molar-refractivity contribution is 1.46. The van der Waals surface area contributed by atoms with Gasteiger partial charge in [-0.25, -0.2) is 0 Å². The standard InChI is InChI=1S/C27H21P/c1-22-4-10-25(11-5-22)16-19-28(20-17-26-12-6-23(2)7-13-26)21-18-27-14-8-24(3)9-15-27/h4-15H,1-3H3. The second kappa shape index (κ2) is 9.63. The van der Waals surface area contributed by atoms with Crippen molar-refractivity contribution in [3.8, 4) is 34.7 Å². The summed E-state index contributed by atoms with van der Waals surface area (Å²) in [6.45, 7) is 6.22. The summed E-state index contributed by atoms with van der Waals surface area (Å²) in [6, 6.07) is 24.7. The molecule has 0 aliphatic carbocycles. The van der Waals surface area contributed by atoms with E-state index < -0.39 is 7.92 Å². The summed E-state index contributed by atoms with van der Waals surface area (Å²) in [5.41, 5.74) is 16.5. The van der Waals surface area contributed by atoms with E-state index in [1.807, 2.05) is 36.4 Å². The fourth-order valence-electron chi connectivity index (χ4n) is 2.36. The molecule has 0 spiro atoms. The molecule has 3 aromatic rings. The highest BCUT2D eigenvalue weighted by Crippen LogP contribution is 2.31. The monoisotopic (exact) mass is 376 g/mol. The molecule has 3 aromatic carbocycles. The third-order valence-corrected chi connectivity index (χ3v) is 5.10. The lowest BCUT2D eigenvalue weighted by Gasteiger charge is -1.95. The lowest BCUT2D eigenvalue weighted by atomic mass is 10.2. The molecule has 0 saturated heterocycles. The Morgan fingerprint density at radius 3 is 0.929 bits per heavy atom.